The van der Waals surface area contributed by atoms with Crippen LogP contribution in [0.25, 0.3) is 0 Å². The first-order valence-electron chi connectivity index (χ1n) is 7.21. The molecule has 1 fully saturated rings. The first-order chi connectivity index (χ1) is 8.97. The van der Waals surface area contributed by atoms with Gasteiger partial charge >= 0.3 is 12.0 Å². The van der Waals surface area contributed by atoms with Gasteiger partial charge in [0, 0.05) is 20.1 Å². The fraction of sp³-hybridized carbons (Fsp3) is 0.857. The van der Waals surface area contributed by atoms with Crippen molar-refractivity contribution in [1.82, 2.24) is 9.80 Å². The summed E-state index contributed by atoms with van der Waals surface area (Å²) in [6.07, 6.45) is 4.36. The van der Waals surface area contributed by atoms with Gasteiger partial charge in [-0.3, -0.25) is 0 Å². The molecule has 0 aromatic heterocycles. The number of urea groups is 1. The van der Waals surface area contributed by atoms with Crippen LogP contribution in [0.1, 0.15) is 46.0 Å². The topological polar surface area (TPSA) is 60.9 Å². The Balaban J connectivity index is 2.72. The molecule has 1 saturated heterocycles. The minimum Gasteiger partial charge on any atom is -0.480 e. The number of amides is 2. The minimum absolute atomic E-state index is 0.144. The van der Waals surface area contributed by atoms with Gasteiger partial charge in [0.2, 0.25) is 0 Å². The second-order valence-corrected chi connectivity index (χ2v) is 5.57. The van der Waals surface area contributed by atoms with E-state index in [-0.39, 0.29) is 6.03 Å². The van der Waals surface area contributed by atoms with Crippen LogP contribution >= 0.6 is 0 Å². The summed E-state index contributed by atoms with van der Waals surface area (Å²) in [5.41, 5.74) is 0. The highest BCUT2D eigenvalue weighted by Crippen LogP contribution is 2.19. The van der Waals surface area contributed by atoms with E-state index in [2.05, 4.69) is 13.8 Å². The van der Waals surface area contributed by atoms with E-state index in [0.29, 0.717) is 25.4 Å². The van der Waals surface area contributed by atoms with Gasteiger partial charge in [0.05, 0.1) is 0 Å². The van der Waals surface area contributed by atoms with Crippen molar-refractivity contribution in [1.29, 1.82) is 0 Å². The fourth-order valence-corrected chi connectivity index (χ4v) is 2.49. The van der Waals surface area contributed by atoms with E-state index < -0.39 is 12.0 Å². The van der Waals surface area contributed by atoms with Gasteiger partial charge in [-0.25, -0.2) is 9.59 Å². The maximum atomic E-state index is 12.4. The van der Waals surface area contributed by atoms with Crippen molar-refractivity contribution < 1.29 is 14.7 Å². The molecule has 1 heterocycles. The van der Waals surface area contributed by atoms with E-state index in [1.165, 1.54) is 4.90 Å². The summed E-state index contributed by atoms with van der Waals surface area (Å²) in [5, 5.41) is 9.28. The Kier molecular flexibility index (Phi) is 6.12. The molecule has 2 unspecified atom stereocenters. The van der Waals surface area contributed by atoms with Gasteiger partial charge in [-0.15, -0.1) is 0 Å². The van der Waals surface area contributed by atoms with Crippen LogP contribution in [0.15, 0.2) is 0 Å². The van der Waals surface area contributed by atoms with E-state index in [4.69, 9.17) is 0 Å². The molecule has 5 heteroatoms. The number of carboxylic acid groups (broad SMARTS) is 1. The first kappa shape index (κ1) is 15.8. The van der Waals surface area contributed by atoms with Gasteiger partial charge in [-0.05, 0) is 18.8 Å². The molecule has 1 N–H and O–H groups in total. The van der Waals surface area contributed by atoms with E-state index >= 15 is 0 Å². The molecule has 0 bridgehead atoms. The number of hydrogen-bond acceptors (Lipinski definition) is 2. The Morgan fingerprint density at radius 3 is 2.63 bits per heavy atom. The van der Waals surface area contributed by atoms with E-state index in [1.54, 1.807) is 11.9 Å². The highest BCUT2D eigenvalue weighted by molar-refractivity contribution is 5.82. The van der Waals surface area contributed by atoms with Gasteiger partial charge < -0.3 is 14.9 Å². The zero-order valence-corrected chi connectivity index (χ0v) is 12.3. The lowest BCUT2D eigenvalue weighted by molar-refractivity contribution is -0.142. The molecule has 5 nitrogen and oxygen atoms in total. The Morgan fingerprint density at radius 1 is 1.37 bits per heavy atom. The highest BCUT2D eigenvalue weighted by Gasteiger charge is 2.32. The van der Waals surface area contributed by atoms with Crippen molar-refractivity contribution in [3.63, 3.8) is 0 Å². The molecular formula is C14H26N2O3. The molecular weight excluding hydrogens is 244 g/mol. The number of nitrogens with zero attached hydrogens (tertiary/aromatic N) is 2. The van der Waals surface area contributed by atoms with Gasteiger partial charge in [0.25, 0.3) is 0 Å². The Hall–Kier alpha value is -1.26. The number of carbonyl (C=O) groups excluding carboxylic acids is 1. The van der Waals surface area contributed by atoms with Gasteiger partial charge in [-0.1, -0.05) is 33.1 Å². The summed E-state index contributed by atoms with van der Waals surface area (Å²) in [4.78, 5) is 26.9. The third kappa shape index (κ3) is 4.40. The predicted molar refractivity (Wildman–Crippen MR) is 74.1 cm³/mol. The Bertz CT molecular complexity index is 320. The molecule has 19 heavy (non-hydrogen) atoms. The van der Waals surface area contributed by atoms with E-state index in [1.807, 2.05) is 0 Å². The van der Waals surface area contributed by atoms with Crippen LogP contribution in [0.3, 0.4) is 0 Å². The zero-order chi connectivity index (χ0) is 14.4. The lowest BCUT2D eigenvalue weighted by atomic mass is 10.1. The van der Waals surface area contributed by atoms with Crippen LogP contribution in [-0.2, 0) is 4.79 Å². The maximum absolute atomic E-state index is 12.4. The molecule has 2 atom stereocenters. The van der Waals surface area contributed by atoms with Crippen LogP contribution in [0.2, 0.25) is 0 Å². The molecule has 2 amide bonds. The van der Waals surface area contributed by atoms with Crippen molar-refractivity contribution in [2.45, 2.75) is 52.0 Å². The highest BCUT2D eigenvalue weighted by atomic mass is 16.4. The van der Waals surface area contributed by atoms with Crippen LogP contribution in [0, 0.1) is 5.92 Å². The van der Waals surface area contributed by atoms with Gasteiger partial charge in [-0.2, -0.15) is 0 Å². The molecule has 0 aliphatic carbocycles. The number of hydrogen-bond donors (Lipinski definition) is 1. The normalized spacial score (nSPS) is 21.6. The Labute approximate surface area is 115 Å². The summed E-state index contributed by atoms with van der Waals surface area (Å²) in [6.45, 7) is 5.43. The maximum Gasteiger partial charge on any atom is 0.326 e. The number of carbonyl (C=O) groups is 2. The summed E-state index contributed by atoms with van der Waals surface area (Å²) >= 11 is 0. The standard InChI is InChI=1S/C14H26N2O3/c1-4-11(2)10-15(3)14(19)16-9-7-5-6-8-12(16)13(17)18/h11-12H,4-10H2,1-3H3,(H,17,18). The van der Waals surface area contributed by atoms with Gasteiger partial charge in [0.1, 0.15) is 6.04 Å². The van der Waals surface area contributed by atoms with Crippen molar-refractivity contribution in [3.05, 3.63) is 0 Å². The average Bonchev–Trinajstić information content (AvgIpc) is 2.62. The smallest absolute Gasteiger partial charge is 0.326 e. The number of carboxylic acids is 1. The molecule has 1 rings (SSSR count). The van der Waals surface area contributed by atoms with Crippen molar-refractivity contribution in [2.24, 2.45) is 5.92 Å². The third-order valence-electron chi connectivity index (χ3n) is 3.89. The molecule has 0 aromatic carbocycles. The van der Waals surface area contributed by atoms with Gasteiger partial charge in [0.15, 0.2) is 0 Å². The number of rotatable bonds is 4. The fourth-order valence-electron chi connectivity index (χ4n) is 2.49. The number of likely N-dealkylation sites (tertiary alicyclic amines) is 1. The zero-order valence-electron chi connectivity index (χ0n) is 12.3. The SMILES string of the molecule is CCC(C)CN(C)C(=O)N1CCCCCC1C(=O)O. The lowest BCUT2D eigenvalue weighted by Gasteiger charge is -2.32. The molecule has 0 saturated carbocycles. The van der Waals surface area contributed by atoms with Crippen molar-refractivity contribution in [2.75, 3.05) is 20.1 Å². The van der Waals surface area contributed by atoms with Crippen molar-refractivity contribution >= 4 is 12.0 Å². The molecule has 1 aliphatic rings. The minimum atomic E-state index is -0.882. The molecule has 0 radical (unpaired) electrons. The lowest BCUT2D eigenvalue weighted by Crippen LogP contribution is -2.50. The van der Waals surface area contributed by atoms with Crippen LogP contribution in [0.4, 0.5) is 4.79 Å². The molecule has 110 valence electrons. The average molecular weight is 270 g/mol. The molecule has 0 aromatic rings. The predicted octanol–water partition coefficient (Wildman–Crippen LogP) is 2.41. The molecule has 0 spiro atoms. The monoisotopic (exact) mass is 270 g/mol. The summed E-state index contributed by atoms with van der Waals surface area (Å²) in [5.74, 6) is -0.448. The van der Waals surface area contributed by atoms with Crippen molar-refractivity contribution in [3.8, 4) is 0 Å². The largest absolute Gasteiger partial charge is 0.480 e. The van der Waals surface area contributed by atoms with Crippen LogP contribution in [0.5, 0.6) is 0 Å². The number of aliphatic carboxylic acids is 1. The summed E-state index contributed by atoms with van der Waals surface area (Å²) < 4.78 is 0. The van der Waals surface area contributed by atoms with Crippen LogP contribution in [-0.4, -0.2) is 53.1 Å². The molecule has 1 aliphatic heterocycles. The second-order valence-electron chi connectivity index (χ2n) is 5.57. The summed E-state index contributed by atoms with van der Waals surface area (Å²) in [7, 11) is 1.76. The van der Waals surface area contributed by atoms with Crippen LogP contribution < -0.4 is 0 Å². The summed E-state index contributed by atoms with van der Waals surface area (Å²) in [6, 6.07) is -0.802. The Morgan fingerprint density at radius 2 is 2.05 bits per heavy atom. The van der Waals surface area contributed by atoms with E-state index in [9.17, 15) is 14.7 Å². The first-order valence-corrected chi connectivity index (χ1v) is 7.21. The van der Waals surface area contributed by atoms with E-state index in [0.717, 1.165) is 25.7 Å². The quantitative estimate of drug-likeness (QED) is 0.853. The second kappa shape index (κ2) is 7.36. The third-order valence-corrected chi connectivity index (χ3v) is 3.89.